The smallest absolute Gasteiger partial charge is 0.203 e. The molecule has 2 aromatic carbocycles. The molecule has 148 valence electrons. The van der Waals surface area contributed by atoms with Crippen molar-refractivity contribution in [1.29, 1.82) is 0 Å². The Morgan fingerprint density at radius 2 is 1.96 bits per heavy atom. The first-order valence-electron chi connectivity index (χ1n) is 9.32. The predicted octanol–water partition coefficient (Wildman–Crippen LogP) is 3.74. The van der Waals surface area contributed by atoms with E-state index in [4.69, 9.17) is 33.7 Å². The highest BCUT2D eigenvalue weighted by Crippen LogP contribution is 2.23. The lowest BCUT2D eigenvalue weighted by Crippen LogP contribution is -3.07. The van der Waals surface area contributed by atoms with Gasteiger partial charge in [-0.15, -0.1) is 5.10 Å². The summed E-state index contributed by atoms with van der Waals surface area (Å²) >= 11 is 11.9. The first-order valence-corrected chi connectivity index (χ1v) is 10.1. The molecule has 7 heteroatoms. The molecule has 1 heterocycles. The van der Waals surface area contributed by atoms with Crippen molar-refractivity contribution in [2.45, 2.75) is 33.6 Å². The van der Waals surface area contributed by atoms with Crippen LogP contribution in [0, 0.1) is 11.7 Å². The van der Waals surface area contributed by atoms with Crippen LogP contribution in [0.25, 0.3) is 11.4 Å². The monoisotopic (exact) mass is 417 g/mol. The van der Waals surface area contributed by atoms with Crippen molar-refractivity contribution in [2.75, 3.05) is 14.2 Å². The van der Waals surface area contributed by atoms with Gasteiger partial charge in [-0.3, -0.25) is 0 Å². The molecule has 0 bridgehead atoms. The number of hydrogen-bond acceptors (Lipinski definition) is 3. The molecule has 3 aromatic rings. The molecule has 0 aliphatic heterocycles. The quantitative estimate of drug-likeness (QED) is 0.595. The molecular formula is C21H26ClN4OS+. The molecule has 3 rings (SSSR count). The van der Waals surface area contributed by atoms with Gasteiger partial charge in [0.15, 0.2) is 12.5 Å². The minimum atomic E-state index is 0.653. The number of quaternary nitrogens is 1. The summed E-state index contributed by atoms with van der Waals surface area (Å²) in [5.74, 6) is 1.76. The molecule has 1 unspecified atom stereocenters. The minimum Gasteiger partial charge on any atom is -0.496 e. The fourth-order valence-corrected chi connectivity index (χ4v) is 3.89. The second-order valence-corrected chi connectivity index (χ2v) is 7.71. The third-order valence-corrected chi connectivity index (χ3v) is 5.45. The molecule has 1 aromatic heterocycles. The number of rotatable bonds is 7. The Bertz CT molecular complexity index is 1030. The Hall–Kier alpha value is -2.15. The van der Waals surface area contributed by atoms with E-state index in [-0.39, 0.29) is 0 Å². The lowest BCUT2D eigenvalue weighted by atomic mass is 10.1. The molecule has 0 saturated heterocycles. The van der Waals surface area contributed by atoms with E-state index in [1.54, 1.807) is 7.11 Å². The first kappa shape index (κ1) is 20.6. The van der Waals surface area contributed by atoms with Gasteiger partial charge in [0.05, 0.1) is 14.2 Å². The highest BCUT2D eigenvalue weighted by molar-refractivity contribution is 7.71. The summed E-state index contributed by atoms with van der Waals surface area (Å²) in [6.07, 6.45) is 0. The van der Waals surface area contributed by atoms with Crippen LogP contribution in [0.3, 0.4) is 0 Å². The predicted molar refractivity (Wildman–Crippen MR) is 115 cm³/mol. The normalized spacial score (nSPS) is 12.2. The van der Waals surface area contributed by atoms with Gasteiger partial charge in [0.1, 0.15) is 12.3 Å². The van der Waals surface area contributed by atoms with Crippen LogP contribution in [0.15, 0.2) is 42.5 Å². The summed E-state index contributed by atoms with van der Waals surface area (Å²) < 4.78 is 10.2. The van der Waals surface area contributed by atoms with Crippen LogP contribution in [-0.4, -0.2) is 28.5 Å². The Balaban J connectivity index is 1.88. The van der Waals surface area contributed by atoms with E-state index < -0.39 is 0 Å². The standard InChI is InChI=1S/C21H25ClN4OS/c1-5-25-20(18-9-7-6-8-15(18)2)23-26(21(25)28)14-24(3)13-16-12-17(22)10-11-19(16)27-4/h6-12H,5,13-14H2,1-4H3/p+1. The maximum absolute atomic E-state index is 6.17. The molecule has 0 aliphatic rings. The van der Waals surface area contributed by atoms with E-state index in [1.807, 2.05) is 35.0 Å². The fourth-order valence-electron chi connectivity index (χ4n) is 3.37. The number of benzene rings is 2. The van der Waals surface area contributed by atoms with Crippen LogP contribution in [-0.2, 0) is 19.8 Å². The highest BCUT2D eigenvalue weighted by atomic mass is 35.5. The summed E-state index contributed by atoms with van der Waals surface area (Å²) in [7, 11) is 3.79. The second kappa shape index (κ2) is 8.90. The van der Waals surface area contributed by atoms with E-state index in [9.17, 15) is 0 Å². The molecule has 0 fully saturated rings. The Morgan fingerprint density at radius 1 is 1.21 bits per heavy atom. The van der Waals surface area contributed by atoms with E-state index >= 15 is 0 Å². The van der Waals surface area contributed by atoms with Crippen LogP contribution in [0.4, 0.5) is 0 Å². The number of ether oxygens (including phenoxy) is 1. The Kier molecular flexibility index (Phi) is 6.54. The third-order valence-electron chi connectivity index (χ3n) is 4.78. The van der Waals surface area contributed by atoms with Gasteiger partial charge in [0.2, 0.25) is 4.77 Å². The maximum Gasteiger partial charge on any atom is 0.203 e. The maximum atomic E-state index is 6.17. The van der Waals surface area contributed by atoms with Gasteiger partial charge in [-0.25, -0.2) is 0 Å². The molecular weight excluding hydrogens is 392 g/mol. The van der Waals surface area contributed by atoms with Gasteiger partial charge in [-0.05, 0) is 49.8 Å². The van der Waals surface area contributed by atoms with Crippen molar-refractivity contribution in [3.63, 3.8) is 0 Å². The number of aryl methyl sites for hydroxylation is 1. The number of halogens is 1. The molecule has 1 atom stereocenters. The molecule has 0 spiro atoms. The van der Waals surface area contributed by atoms with Gasteiger partial charge >= 0.3 is 0 Å². The summed E-state index contributed by atoms with van der Waals surface area (Å²) in [4.78, 5) is 1.23. The summed E-state index contributed by atoms with van der Waals surface area (Å²) in [6, 6.07) is 14.0. The van der Waals surface area contributed by atoms with Crippen molar-refractivity contribution in [2.24, 2.45) is 0 Å². The van der Waals surface area contributed by atoms with Gasteiger partial charge in [0, 0.05) is 22.7 Å². The lowest BCUT2D eigenvalue weighted by Gasteiger charge is -2.16. The average molecular weight is 418 g/mol. The molecule has 1 N–H and O–H groups in total. The third kappa shape index (κ3) is 4.29. The molecule has 0 aliphatic carbocycles. The van der Waals surface area contributed by atoms with Crippen LogP contribution in [0.2, 0.25) is 5.02 Å². The molecule has 0 radical (unpaired) electrons. The van der Waals surface area contributed by atoms with Crippen LogP contribution in [0.5, 0.6) is 5.75 Å². The number of hydrogen-bond donors (Lipinski definition) is 1. The zero-order chi connectivity index (χ0) is 20.3. The molecule has 0 saturated carbocycles. The lowest BCUT2D eigenvalue weighted by molar-refractivity contribution is -0.917. The highest BCUT2D eigenvalue weighted by Gasteiger charge is 2.17. The minimum absolute atomic E-state index is 0.653. The average Bonchev–Trinajstić information content (AvgIpc) is 2.97. The largest absolute Gasteiger partial charge is 0.496 e. The van der Waals surface area contributed by atoms with E-state index in [0.29, 0.717) is 11.7 Å². The van der Waals surface area contributed by atoms with Gasteiger partial charge in [-0.2, -0.15) is 4.68 Å². The van der Waals surface area contributed by atoms with Crippen molar-refractivity contribution < 1.29 is 9.64 Å². The van der Waals surface area contributed by atoms with E-state index in [1.165, 1.54) is 10.5 Å². The van der Waals surface area contributed by atoms with Crippen LogP contribution in [0.1, 0.15) is 18.1 Å². The van der Waals surface area contributed by atoms with Gasteiger partial charge in [0.25, 0.3) is 0 Å². The van der Waals surface area contributed by atoms with E-state index in [2.05, 4.69) is 37.6 Å². The zero-order valence-corrected chi connectivity index (χ0v) is 18.3. The topological polar surface area (TPSA) is 36.4 Å². The molecule has 0 amide bonds. The molecule has 28 heavy (non-hydrogen) atoms. The number of nitrogens with zero attached hydrogens (tertiary/aromatic N) is 3. The number of nitrogens with one attached hydrogen (secondary N) is 1. The molecule has 5 nitrogen and oxygen atoms in total. The van der Waals surface area contributed by atoms with Crippen LogP contribution >= 0.6 is 23.8 Å². The van der Waals surface area contributed by atoms with Gasteiger partial charge < -0.3 is 14.2 Å². The van der Waals surface area contributed by atoms with E-state index in [0.717, 1.165) is 40.6 Å². The number of aromatic nitrogens is 3. The SMILES string of the molecule is CCn1c(-c2ccccc2C)nn(C[NH+](C)Cc2cc(Cl)ccc2OC)c1=S. The van der Waals surface area contributed by atoms with Crippen LogP contribution < -0.4 is 9.64 Å². The summed E-state index contributed by atoms with van der Waals surface area (Å²) in [5.41, 5.74) is 3.37. The zero-order valence-electron chi connectivity index (χ0n) is 16.7. The Labute approximate surface area is 176 Å². The summed E-state index contributed by atoms with van der Waals surface area (Å²) in [6.45, 7) is 6.38. The van der Waals surface area contributed by atoms with Crippen molar-refractivity contribution in [3.05, 3.63) is 63.4 Å². The number of methoxy groups -OCH3 is 1. The summed E-state index contributed by atoms with van der Waals surface area (Å²) in [5, 5.41) is 5.56. The van der Waals surface area contributed by atoms with Crippen molar-refractivity contribution in [3.8, 4) is 17.1 Å². The van der Waals surface area contributed by atoms with Crippen molar-refractivity contribution >= 4 is 23.8 Å². The van der Waals surface area contributed by atoms with Gasteiger partial charge in [-0.1, -0.05) is 35.9 Å². The first-order chi connectivity index (χ1) is 13.4. The second-order valence-electron chi connectivity index (χ2n) is 6.91. The fraction of sp³-hybridized carbons (Fsp3) is 0.333. The van der Waals surface area contributed by atoms with Crippen molar-refractivity contribution in [1.82, 2.24) is 14.3 Å². The Morgan fingerprint density at radius 3 is 2.64 bits per heavy atom.